The molecule has 2 saturated heterocycles. The molecule has 0 aromatic carbocycles. The number of nitrogens with zero attached hydrogens (tertiary/aromatic N) is 1. The van der Waals surface area contributed by atoms with Crippen molar-refractivity contribution in [1.82, 2.24) is 4.90 Å². The molecule has 3 nitrogen and oxygen atoms in total. The molecule has 19 heavy (non-hydrogen) atoms. The van der Waals surface area contributed by atoms with Gasteiger partial charge >= 0.3 is 0 Å². The Hall–Kier alpha value is -0.570. The van der Waals surface area contributed by atoms with Crippen LogP contribution in [0.4, 0.5) is 0 Å². The van der Waals surface area contributed by atoms with Crippen LogP contribution in [0.15, 0.2) is 0 Å². The number of carbonyl (C=O) groups is 1. The minimum Gasteiger partial charge on any atom is -0.393 e. The smallest absolute Gasteiger partial charge is 0.223 e. The molecule has 0 radical (unpaired) electrons. The van der Waals surface area contributed by atoms with Crippen LogP contribution in [0.2, 0.25) is 0 Å². The third-order valence-corrected chi connectivity index (χ3v) is 6.32. The van der Waals surface area contributed by atoms with Gasteiger partial charge in [0.15, 0.2) is 0 Å². The molecule has 106 valence electrons. The lowest BCUT2D eigenvalue weighted by Gasteiger charge is -2.38. The summed E-state index contributed by atoms with van der Waals surface area (Å²) in [6.07, 6.45) is 9.98. The van der Waals surface area contributed by atoms with Gasteiger partial charge in [0.05, 0.1) is 6.10 Å². The van der Waals surface area contributed by atoms with Gasteiger partial charge in [-0.15, -0.1) is 0 Å². The van der Waals surface area contributed by atoms with Crippen LogP contribution in [0, 0.1) is 17.8 Å². The van der Waals surface area contributed by atoms with E-state index in [4.69, 9.17) is 0 Å². The highest BCUT2D eigenvalue weighted by Gasteiger charge is 2.45. The summed E-state index contributed by atoms with van der Waals surface area (Å²) in [5.74, 6) is 2.86. The van der Waals surface area contributed by atoms with Crippen LogP contribution in [0.3, 0.4) is 0 Å². The highest BCUT2D eigenvalue weighted by atomic mass is 16.3. The highest BCUT2D eigenvalue weighted by molar-refractivity contribution is 5.77. The van der Waals surface area contributed by atoms with Gasteiger partial charge in [0.2, 0.25) is 5.91 Å². The summed E-state index contributed by atoms with van der Waals surface area (Å²) in [4.78, 5) is 14.8. The summed E-state index contributed by atoms with van der Waals surface area (Å²) in [5, 5.41) is 9.82. The SMILES string of the molecule is O=C(CC1CC2CCC1C2)N1C2CCC1CC(O)C2. The topological polar surface area (TPSA) is 40.5 Å². The quantitative estimate of drug-likeness (QED) is 0.830. The number of carbonyl (C=O) groups excluding carboxylic acids is 1. The lowest BCUT2D eigenvalue weighted by molar-refractivity contribution is -0.138. The van der Waals surface area contributed by atoms with E-state index < -0.39 is 0 Å². The van der Waals surface area contributed by atoms with Gasteiger partial charge in [-0.25, -0.2) is 0 Å². The van der Waals surface area contributed by atoms with Crippen molar-refractivity contribution < 1.29 is 9.90 Å². The van der Waals surface area contributed by atoms with E-state index in [0.29, 0.717) is 23.9 Å². The fourth-order valence-corrected chi connectivity index (χ4v) is 5.51. The fraction of sp³-hybridized carbons (Fsp3) is 0.938. The lowest BCUT2D eigenvalue weighted by Crippen LogP contribution is -2.48. The largest absolute Gasteiger partial charge is 0.393 e. The van der Waals surface area contributed by atoms with Crippen LogP contribution in [-0.4, -0.2) is 34.1 Å². The van der Waals surface area contributed by atoms with Gasteiger partial charge in [-0.05, 0) is 62.7 Å². The minimum absolute atomic E-state index is 0.163. The van der Waals surface area contributed by atoms with Crippen molar-refractivity contribution in [2.75, 3.05) is 0 Å². The second-order valence-corrected chi connectivity index (χ2v) is 7.45. The lowest BCUT2D eigenvalue weighted by atomic mass is 9.85. The Bertz CT molecular complexity index is 369. The average molecular weight is 263 g/mol. The number of hydrogen-bond donors (Lipinski definition) is 1. The van der Waals surface area contributed by atoms with Crippen LogP contribution < -0.4 is 0 Å². The zero-order valence-corrected chi connectivity index (χ0v) is 11.6. The van der Waals surface area contributed by atoms with E-state index in [-0.39, 0.29) is 6.10 Å². The van der Waals surface area contributed by atoms with Crippen molar-refractivity contribution in [2.45, 2.75) is 76.0 Å². The molecule has 2 heterocycles. The second-order valence-electron chi connectivity index (χ2n) is 7.45. The molecule has 4 bridgehead atoms. The molecule has 5 atom stereocenters. The van der Waals surface area contributed by atoms with Crippen LogP contribution in [0.5, 0.6) is 0 Å². The van der Waals surface area contributed by atoms with E-state index in [1.807, 2.05) is 0 Å². The maximum Gasteiger partial charge on any atom is 0.223 e. The van der Waals surface area contributed by atoms with Gasteiger partial charge in [-0.1, -0.05) is 6.42 Å². The Morgan fingerprint density at radius 2 is 1.74 bits per heavy atom. The van der Waals surface area contributed by atoms with E-state index in [9.17, 15) is 9.90 Å². The Labute approximate surface area is 115 Å². The predicted molar refractivity (Wildman–Crippen MR) is 72.5 cm³/mol. The summed E-state index contributed by atoms with van der Waals surface area (Å²) < 4.78 is 0. The van der Waals surface area contributed by atoms with Gasteiger partial charge in [0.25, 0.3) is 0 Å². The van der Waals surface area contributed by atoms with Crippen LogP contribution in [0.1, 0.15) is 57.8 Å². The Morgan fingerprint density at radius 3 is 2.32 bits per heavy atom. The Balaban J connectivity index is 1.41. The summed E-state index contributed by atoms with van der Waals surface area (Å²) in [6, 6.07) is 0.694. The van der Waals surface area contributed by atoms with Gasteiger partial charge in [-0.2, -0.15) is 0 Å². The summed E-state index contributed by atoms with van der Waals surface area (Å²) >= 11 is 0. The first-order chi connectivity index (χ1) is 9.20. The first-order valence-electron chi connectivity index (χ1n) is 8.20. The molecule has 2 aliphatic heterocycles. The second kappa shape index (κ2) is 4.47. The molecular weight excluding hydrogens is 238 g/mol. The van der Waals surface area contributed by atoms with Crippen LogP contribution >= 0.6 is 0 Å². The number of aliphatic hydroxyl groups excluding tert-OH is 1. The van der Waals surface area contributed by atoms with Crippen molar-refractivity contribution in [1.29, 1.82) is 0 Å². The Morgan fingerprint density at radius 1 is 1.00 bits per heavy atom. The third kappa shape index (κ3) is 2.01. The molecule has 4 fully saturated rings. The molecule has 4 rings (SSSR count). The fourth-order valence-electron chi connectivity index (χ4n) is 5.51. The van der Waals surface area contributed by atoms with Crippen molar-refractivity contribution in [3.05, 3.63) is 0 Å². The van der Waals surface area contributed by atoms with Gasteiger partial charge in [-0.3, -0.25) is 4.79 Å². The summed E-state index contributed by atoms with van der Waals surface area (Å²) in [5.41, 5.74) is 0. The van der Waals surface area contributed by atoms with Gasteiger partial charge < -0.3 is 10.0 Å². The summed E-state index contributed by atoms with van der Waals surface area (Å²) in [7, 11) is 0. The van der Waals surface area contributed by atoms with Crippen molar-refractivity contribution >= 4 is 5.91 Å². The number of amides is 1. The molecule has 0 aromatic heterocycles. The number of fused-ring (bicyclic) bond motifs is 4. The molecular formula is C16H25NO2. The maximum absolute atomic E-state index is 12.6. The molecule has 0 aromatic rings. The number of hydrogen-bond acceptors (Lipinski definition) is 2. The first kappa shape index (κ1) is 12.2. The normalized spacial score (nSPS) is 47.9. The van der Waals surface area contributed by atoms with E-state index >= 15 is 0 Å². The van der Waals surface area contributed by atoms with E-state index in [1.165, 1.54) is 25.7 Å². The maximum atomic E-state index is 12.6. The standard InChI is InChI=1S/C16H25NO2/c18-15-8-13-3-4-14(9-15)17(13)16(19)7-12-6-10-1-2-11(12)5-10/h10-15,18H,1-9H2. The third-order valence-electron chi connectivity index (χ3n) is 6.32. The monoisotopic (exact) mass is 263 g/mol. The molecule has 5 unspecified atom stereocenters. The Kier molecular flexibility index (Phi) is 2.87. The number of piperidine rings is 1. The average Bonchev–Trinajstić information content (AvgIpc) is 3.03. The first-order valence-corrected chi connectivity index (χ1v) is 8.20. The van der Waals surface area contributed by atoms with Crippen LogP contribution in [-0.2, 0) is 4.79 Å². The van der Waals surface area contributed by atoms with Gasteiger partial charge in [0, 0.05) is 18.5 Å². The number of rotatable bonds is 2. The predicted octanol–water partition coefficient (Wildman–Crippen LogP) is 2.33. The number of aliphatic hydroxyl groups is 1. The zero-order chi connectivity index (χ0) is 13.0. The molecule has 4 aliphatic rings. The molecule has 1 amide bonds. The molecule has 2 aliphatic carbocycles. The van der Waals surface area contributed by atoms with E-state index in [2.05, 4.69) is 4.90 Å². The van der Waals surface area contributed by atoms with Crippen molar-refractivity contribution in [3.63, 3.8) is 0 Å². The van der Waals surface area contributed by atoms with Gasteiger partial charge in [0.1, 0.15) is 0 Å². The molecule has 2 saturated carbocycles. The zero-order valence-electron chi connectivity index (χ0n) is 11.6. The van der Waals surface area contributed by atoms with Crippen LogP contribution in [0.25, 0.3) is 0 Å². The van der Waals surface area contributed by atoms with Crippen molar-refractivity contribution in [2.24, 2.45) is 17.8 Å². The minimum atomic E-state index is -0.163. The summed E-state index contributed by atoms with van der Waals surface area (Å²) in [6.45, 7) is 0. The van der Waals surface area contributed by atoms with E-state index in [1.54, 1.807) is 0 Å². The molecule has 1 N–H and O–H groups in total. The van der Waals surface area contributed by atoms with E-state index in [0.717, 1.165) is 43.9 Å². The molecule has 3 heteroatoms. The molecule has 0 spiro atoms. The highest BCUT2D eigenvalue weighted by Crippen LogP contribution is 2.50. The van der Waals surface area contributed by atoms with Crippen molar-refractivity contribution in [3.8, 4) is 0 Å².